The molecule has 1 aliphatic heterocycles. The summed E-state index contributed by atoms with van der Waals surface area (Å²) < 4.78 is 26.8. The third kappa shape index (κ3) is 2.18. The second kappa shape index (κ2) is 4.83. The predicted octanol–water partition coefficient (Wildman–Crippen LogP) is 1.89. The van der Waals surface area contributed by atoms with Crippen LogP contribution >= 0.6 is 0 Å². The Morgan fingerprint density at radius 2 is 1.75 bits per heavy atom. The van der Waals surface area contributed by atoms with Crippen LogP contribution in [0.5, 0.6) is 0 Å². The summed E-state index contributed by atoms with van der Waals surface area (Å²) in [6.45, 7) is 3.16. The number of hydrogen-bond acceptors (Lipinski definition) is 3. The van der Waals surface area contributed by atoms with Crippen molar-refractivity contribution >= 4 is 10.0 Å². The second-order valence-electron chi connectivity index (χ2n) is 6.22. The largest absolute Gasteiger partial charge is 0.327 e. The topological polar surface area (TPSA) is 63.4 Å². The molecule has 5 heteroatoms. The first kappa shape index (κ1) is 14.0. The van der Waals surface area contributed by atoms with E-state index in [2.05, 4.69) is 0 Å². The van der Waals surface area contributed by atoms with Crippen LogP contribution in [0.2, 0.25) is 0 Å². The highest BCUT2D eigenvalue weighted by molar-refractivity contribution is 7.89. The highest BCUT2D eigenvalue weighted by Gasteiger charge is 2.47. The van der Waals surface area contributed by atoms with Crippen molar-refractivity contribution in [2.45, 2.75) is 43.5 Å². The van der Waals surface area contributed by atoms with Gasteiger partial charge in [-0.1, -0.05) is 17.7 Å². The van der Waals surface area contributed by atoms with E-state index in [1.165, 1.54) is 0 Å². The van der Waals surface area contributed by atoms with Crippen LogP contribution in [0.3, 0.4) is 0 Å². The molecule has 1 saturated carbocycles. The van der Waals surface area contributed by atoms with E-state index in [0.717, 1.165) is 31.2 Å². The molecule has 0 amide bonds. The third-order valence-electron chi connectivity index (χ3n) is 5.12. The van der Waals surface area contributed by atoms with Crippen LogP contribution in [0.4, 0.5) is 0 Å². The van der Waals surface area contributed by atoms with Crippen LogP contribution in [0.25, 0.3) is 0 Å². The Morgan fingerprint density at radius 3 is 2.20 bits per heavy atom. The highest BCUT2D eigenvalue weighted by atomic mass is 32.2. The standard InChI is InChI=1S/C15H22N2O2S/c1-12-2-4-13(5-3-12)20(18,19)17-10-8-15(9-11-17)7-6-14(15)16/h2-5,14H,6-11,16H2,1H3. The van der Waals surface area contributed by atoms with E-state index in [-0.39, 0.29) is 11.5 Å². The lowest BCUT2D eigenvalue weighted by Crippen LogP contribution is -2.56. The van der Waals surface area contributed by atoms with Gasteiger partial charge in [0, 0.05) is 19.1 Å². The summed E-state index contributed by atoms with van der Waals surface area (Å²) in [6, 6.07) is 7.36. The fraction of sp³-hybridized carbons (Fsp3) is 0.600. The van der Waals surface area contributed by atoms with Gasteiger partial charge in [-0.3, -0.25) is 0 Å². The molecule has 1 saturated heterocycles. The Morgan fingerprint density at radius 1 is 1.15 bits per heavy atom. The van der Waals surface area contributed by atoms with Gasteiger partial charge in [-0.15, -0.1) is 0 Å². The molecule has 1 heterocycles. The van der Waals surface area contributed by atoms with Crippen molar-refractivity contribution < 1.29 is 8.42 Å². The fourth-order valence-corrected chi connectivity index (χ4v) is 4.81. The molecular formula is C15H22N2O2S. The zero-order valence-corrected chi connectivity index (χ0v) is 12.7. The molecule has 2 N–H and O–H groups in total. The zero-order chi connectivity index (χ0) is 14.4. The summed E-state index contributed by atoms with van der Waals surface area (Å²) in [4.78, 5) is 0.400. The van der Waals surface area contributed by atoms with E-state index in [1.54, 1.807) is 16.4 Å². The molecule has 1 aliphatic carbocycles. The second-order valence-corrected chi connectivity index (χ2v) is 8.16. The number of aryl methyl sites for hydroxylation is 1. The van der Waals surface area contributed by atoms with Gasteiger partial charge in [-0.05, 0) is 50.2 Å². The van der Waals surface area contributed by atoms with E-state index >= 15 is 0 Å². The Balaban J connectivity index is 1.75. The summed E-state index contributed by atoms with van der Waals surface area (Å²) >= 11 is 0. The molecule has 1 aromatic carbocycles. The van der Waals surface area contributed by atoms with E-state index in [0.29, 0.717) is 18.0 Å². The van der Waals surface area contributed by atoms with E-state index in [4.69, 9.17) is 5.73 Å². The SMILES string of the molecule is Cc1ccc(S(=O)(=O)N2CCC3(CCC3N)CC2)cc1. The third-order valence-corrected chi connectivity index (χ3v) is 7.03. The van der Waals surface area contributed by atoms with Crippen molar-refractivity contribution in [2.75, 3.05) is 13.1 Å². The van der Waals surface area contributed by atoms with Gasteiger partial charge in [0.2, 0.25) is 10.0 Å². The van der Waals surface area contributed by atoms with Gasteiger partial charge in [-0.25, -0.2) is 8.42 Å². The van der Waals surface area contributed by atoms with Crippen molar-refractivity contribution in [2.24, 2.45) is 11.1 Å². The van der Waals surface area contributed by atoms with Gasteiger partial charge in [0.05, 0.1) is 4.90 Å². The average molecular weight is 294 g/mol. The number of benzene rings is 1. The Kier molecular flexibility index (Phi) is 3.39. The lowest BCUT2D eigenvalue weighted by Gasteiger charge is -2.52. The van der Waals surface area contributed by atoms with Gasteiger partial charge in [0.1, 0.15) is 0 Å². The monoisotopic (exact) mass is 294 g/mol. The van der Waals surface area contributed by atoms with Crippen molar-refractivity contribution in [1.29, 1.82) is 0 Å². The smallest absolute Gasteiger partial charge is 0.243 e. The van der Waals surface area contributed by atoms with Crippen LogP contribution in [0, 0.1) is 12.3 Å². The maximum absolute atomic E-state index is 12.6. The summed E-state index contributed by atoms with van der Waals surface area (Å²) in [6.07, 6.45) is 4.05. The van der Waals surface area contributed by atoms with Crippen LogP contribution < -0.4 is 5.73 Å². The molecule has 1 aromatic rings. The molecule has 1 unspecified atom stereocenters. The molecule has 2 fully saturated rings. The number of rotatable bonds is 2. The Labute approximate surface area is 121 Å². The zero-order valence-electron chi connectivity index (χ0n) is 11.9. The quantitative estimate of drug-likeness (QED) is 0.906. The van der Waals surface area contributed by atoms with E-state index in [1.807, 2.05) is 19.1 Å². The van der Waals surface area contributed by atoms with Gasteiger partial charge in [-0.2, -0.15) is 4.31 Å². The minimum Gasteiger partial charge on any atom is -0.327 e. The molecule has 4 nitrogen and oxygen atoms in total. The summed E-state index contributed by atoms with van der Waals surface area (Å²) in [5.41, 5.74) is 7.40. The normalized spacial score (nSPS) is 26.4. The van der Waals surface area contributed by atoms with Crippen LogP contribution in [0.1, 0.15) is 31.2 Å². The maximum atomic E-state index is 12.6. The molecule has 1 spiro atoms. The predicted molar refractivity (Wildman–Crippen MR) is 78.8 cm³/mol. The molecule has 0 radical (unpaired) electrons. The lowest BCUT2D eigenvalue weighted by atomic mass is 9.60. The lowest BCUT2D eigenvalue weighted by molar-refractivity contribution is 0.0325. The van der Waals surface area contributed by atoms with Crippen molar-refractivity contribution in [1.82, 2.24) is 4.31 Å². The molecule has 0 aromatic heterocycles. The minimum atomic E-state index is -3.34. The fourth-order valence-electron chi connectivity index (χ4n) is 3.37. The van der Waals surface area contributed by atoms with Crippen LogP contribution in [-0.4, -0.2) is 31.9 Å². The van der Waals surface area contributed by atoms with Gasteiger partial charge in [0.25, 0.3) is 0 Å². The molecule has 20 heavy (non-hydrogen) atoms. The Bertz CT molecular complexity index is 587. The van der Waals surface area contributed by atoms with E-state index in [9.17, 15) is 8.42 Å². The number of sulfonamides is 1. The maximum Gasteiger partial charge on any atom is 0.243 e. The molecular weight excluding hydrogens is 272 g/mol. The van der Waals surface area contributed by atoms with Gasteiger partial charge < -0.3 is 5.73 Å². The number of nitrogens with zero attached hydrogens (tertiary/aromatic N) is 1. The summed E-state index contributed by atoms with van der Waals surface area (Å²) in [7, 11) is -3.34. The molecule has 2 aliphatic rings. The number of hydrogen-bond donors (Lipinski definition) is 1. The molecule has 0 bridgehead atoms. The number of nitrogens with two attached hydrogens (primary N) is 1. The minimum absolute atomic E-state index is 0.222. The molecule has 3 rings (SSSR count). The summed E-state index contributed by atoms with van der Waals surface area (Å²) in [5.74, 6) is 0. The van der Waals surface area contributed by atoms with E-state index < -0.39 is 10.0 Å². The first-order valence-electron chi connectivity index (χ1n) is 7.26. The van der Waals surface area contributed by atoms with Crippen molar-refractivity contribution in [3.63, 3.8) is 0 Å². The molecule has 110 valence electrons. The average Bonchev–Trinajstić information content (AvgIpc) is 2.46. The first-order chi connectivity index (χ1) is 9.44. The molecule has 1 atom stereocenters. The van der Waals surface area contributed by atoms with Crippen LogP contribution in [0.15, 0.2) is 29.2 Å². The van der Waals surface area contributed by atoms with Gasteiger partial charge >= 0.3 is 0 Å². The van der Waals surface area contributed by atoms with Gasteiger partial charge in [0.15, 0.2) is 0 Å². The highest BCUT2D eigenvalue weighted by Crippen LogP contribution is 2.48. The number of piperidine rings is 1. The van der Waals surface area contributed by atoms with Crippen molar-refractivity contribution in [3.05, 3.63) is 29.8 Å². The Hall–Kier alpha value is -0.910. The first-order valence-corrected chi connectivity index (χ1v) is 8.70. The van der Waals surface area contributed by atoms with Crippen molar-refractivity contribution in [3.8, 4) is 0 Å². The summed E-state index contributed by atoms with van der Waals surface area (Å²) in [5, 5.41) is 0. The van der Waals surface area contributed by atoms with Crippen LogP contribution in [-0.2, 0) is 10.0 Å².